The van der Waals surface area contributed by atoms with Crippen LogP contribution in [0.1, 0.15) is 28.4 Å². The molecule has 0 aliphatic carbocycles. The summed E-state index contributed by atoms with van der Waals surface area (Å²) >= 11 is 0. The van der Waals surface area contributed by atoms with E-state index in [9.17, 15) is 14.7 Å². The number of carbonyl (C=O) groups is 2. The summed E-state index contributed by atoms with van der Waals surface area (Å²) in [4.78, 5) is 26.9. The average molecular weight is 276 g/mol. The quantitative estimate of drug-likeness (QED) is 0.898. The lowest BCUT2D eigenvalue weighted by atomic mass is 9.94. The summed E-state index contributed by atoms with van der Waals surface area (Å²) in [6.45, 7) is 4.40. The van der Waals surface area contributed by atoms with Gasteiger partial charge < -0.3 is 10.0 Å². The van der Waals surface area contributed by atoms with Crippen molar-refractivity contribution in [3.05, 3.63) is 34.9 Å². The molecule has 0 bridgehead atoms. The second-order valence-electron chi connectivity index (χ2n) is 5.12. The Kier molecular flexibility index (Phi) is 4.39. The van der Waals surface area contributed by atoms with Crippen molar-refractivity contribution in [1.29, 1.82) is 0 Å². The lowest BCUT2D eigenvalue weighted by Crippen LogP contribution is -2.40. The fourth-order valence-corrected chi connectivity index (χ4v) is 2.49. The van der Waals surface area contributed by atoms with E-state index in [-0.39, 0.29) is 5.91 Å². The van der Waals surface area contributed by atoms with Gasteiger partial charge in [-0.15, -0.1) is 0 Å². The zero-order chi connectivity index (χ0) is 14.7. The number of rotatable bonds is 4. The molecule has 0 atom stereocenters. The normalized spacial score (nSPS) is 14.7. The number of amides is 1. The van der Waals surface area contributed by atoms with Gasteiger partial charge in [0.2, 0.25) is 5.91 Å². The summed E-state index contributed by atoms with van der Waals surface area (Å²) < 4.78 is 0. The van der Waals surface area contributed by atoms with Crippen molar-refractivity contribution >= 4 is 11.9 Å². The molecule has 5 heteroatoms. The highest BCUT2D eigenvalue weighted by molar-refractivity contribution is 5.90. The fourth-order valence-electron chi connectivity index (χ4n) is 2.49. The molecule has 1 heterocycles. The first-order chi connectivity index (χ1) is 9.52. The third-order valence-electron chi connectivity index (χ3n) is 3.83. The molecule has 0 fully saturated rings. The number of carboxylic acids is 1. The highest BCUT2D eigenvalue weighted by Gasteiger charge is 2.23. The van der Waals surface area contributed by atoms with Gasteiger partial charge in [-0.2, -0.15) is 0 Å². The van der Waals surface area contributed by atoms with E-state index < -0.39 is 5.97 Å². The minimum absolute atomic E-state index is 0.102. The van der Waals surface area contributed by atoms with Crippen molar-refractivity contribution in [2.75, 3.05) is 26.7 Å². The predicted octanol–water partition coefficient (Wildman–Crippen LogP) is 1.22. The number of carboxylic acid groups (broad SMARTS) is 1. The Balaban J connectivity index is 2.10. The van der Waals surface area contributed by atoms with E-state index in [0.29, 0.717) is 31.6 Å². The lowest BCUT2D eigenvalue weighted by Gasteiger charge is -2.30. The monoisotopic (exact) mass is 276 g/mol. The molecule has 1 aliphatic rings. The van der Waals surface area contributed by atoms with E-state index in [4.69, 9.17) is 0 Å². The van der Waals surface area contributed by atoms with Crippen LogP contribution in [-0.2, 0) is 17.8 Å². The summed E-state index contributed by atoms with van der Waals surface area (Å²) in [7, 11) is 1.79. The molecule has 0 unspecified atom stereocenters. The number of fused-ring (bicyclic) bond motifs is 1. The molecule has 0 saturated heterocycles. The van der Waals surface area contributed by atoms with E-state index in [1.807, 2.05) is 13.0 Å². The maximum atomic E-state index is 11.9. The Morgan fingerprint density at radius 1 is 1.40 bits per heavy atom. The first-order valence-corrected chi connectivity index (χ1v) is 6.83. The number of likely N-dealkylation sites (N-methyl/N-ethyl adjacent to an activating group) is 1. The molecule has 1 aromatic rings. The Hall–Kier alpha value is -1.88. The van der Waals surface area contributed by atoms with Crippen molar-refractivity contribution in [2.24, 2.45) is 0 Å². The summed E-state index contributed by atoms with van der Waals surface area (Å²) in [5.41, 5.74) is 2.31. The van der Waals surface area contributed by atoms with Crippen molar-refractivity contribution in [1.82, 2.24) is 9.80 Å². The molecule has 20 heavy (non-hydrogen) atoms. The van der Waals surface area contributed by atoms with Crippen LogP contribution < -0.4 is 0 Å². The molecule has 1 amide bonds. The third-order valence-corrected chi connectivity index (χ3v) is 3.83. The first kappa shape index (κ1) is 14.5. The van der Waals surface area contributed by atoms with Gasteiger partial charge in [-0.3, -0.25) is 9.69 Å². The topological polar surface area (TPSA) is 60.9 Å². The van der Waals surface area contributed by atoms with Gasteiger partial charge in [0.1, 0.15) is 0 Å². The van der Waals surface area contributed by atoms with Gasteiger partial charge in [-0.25, -0.2) is 4.79 Å². The molecule has 1 aliphatic heterocycles. The molecular weight excluding hydrogens is 256 g/mol. The largest absolute Gasteiger partial charge is 0.478 e. The average Bonchev–Trinajstić information content (AvgIpc) is 2.45. The van der Waals surface area contributed by atoms with Crippen LogP contribution in [0, 0.1) is 0 Å². The van der Waals surface area contributed by atoms with Gasteiger partial charge in [0.25, 0.3) is 0 Å². The smallest absolute Gasteiger partial charge is 0.335 e. The zero-order valence-electron chi connectivity index (χ0n) is 11.9. The summed E-state index contributed by atoms with van der Waals surface area (Å²) in [5, 5.41) is 9.18. The van der Waals surface area contributed by atoms with E-state index in [1.54, 1.807) is 24.1 Å². The maximum absolute atomic E-state index is 11.9. The molecular formula is C15H20N2O3. The third kappa shape index (κ3) is 2.99. The van der Waals surface area contributed by atoms with E-state index in [0.717, 1.165) is 17.7 Å². The second-order valence-corrected chi connectivity index (χ2v) is 5.12. The molecule has 0 saturated carbocycles. The van der Waals surface area contributed by atoms with Crippen molar-refractivity contribution in [3.63, 3.8) is 0 Å². The van der Waals surface area contributed by atoms with Crippen LogP contribution in [0.2, 0.25) is 0 Å². The van der Waals surface area contributed by atoms with E-state index in [2.05, 4.69) is 4.90 Å². The van der Waals surface area contributed by atoms with Crippen LogP contribution in [0.3, 0.4) is 0 Å². The van der Waals surface area contributed by atoms with Gasteiger partial charge in [-0.1, -0.05) is 12.1 Å². The van der Waals surface area contributed by atoms with Crippen LogP contribution in [-0.4, -0.2) is 53.5 Å². The standard InChI is InChI=1S/C15H20N2O3/c1-3-16(2)14(18)10-17-8-7-12-11(9-17)5-4-6-13(12)15(19)20/h4-6H,3,7-10H2,1-2H3,(H,19,20). The van der Waals surface area contributed by atoms with Crippen LogP contribution in [0.25, 0.3) is 0 Å². The molecule has 108 valence electrons. The Morgan fingerprint density at radius 3 is 2.80 bits per heavy atom. The van der Waals surface area contributed by atoms with Crippen LogP contribution in [0.15, 0.2) is 18.2 Å². The van der Waals surface area contributed by atoms with E-state index >= 15 is 0 Å². The zero-order valence-corrected chi connectivity index (χ0v) is 11.9. The summed E-state index contributed by atoms with van der Waals surface area (Å²) in [6.07, 6.45) is 0.681. The molecule has 1 N–H and O–H groups in total. The maximum Gasteiger partial charge on any atom is 0.335 e. The highest BCUT2D eigenvalue weighted by Crippen LogP contribution is 2.22. The number of hydrogen-bond donors (Lipinski definition) is 1. The van der Waals surface area contributed by atoms with Crippen LogP contribution in [0.5, 0.6) is 0 Å². The predicted molar refractivity (Wildman–Crippen MR) is 75.7 cm³/mol. The fraction of sp³-hybridized carbons (Fsp3) is 0.467. The van der Waals surface area contributed by atoms with Crippen LogP contribution >= 0.6 is 0 Å². The van der Waals surface area contributed by atoms with Gasteiger partial charge in [0, 0.05) is 26.7 Å². The Bertz CT molecular complexity index is 528. The SMILES string of the molecule is CCN(C)C(=O)CN1CCc2c(cccc2C(=O)O)C1. The number of nitrogens with zero attached hydrogens (tertiary/aromatic N) is 2. The molecule has 0 aromatic heterocycles. The minimum Gasteiger partial charge on any atom is -0.478 e. The Labute approximate surface area is 118 Å². The molecule has 2 rings (SSSR count). The van der Waals surface area contributed by atoms with E-state index in [1.165, 1.54) is 0 Å². The number of carbonyl (C=O) groups excluding carboxylic acids is 1. The first-order valence-electron chi connectivity index (χ1n) is 6.83. The Morgan fingerprint density at radius 2 is 2.15 bits per heavy atom. The number of aromatic carboxylic acids is 1. The highest BCUT2D eigenvalue weighted by atomic mass is 16.4. The van der Waals surface area contributed by atoms with Crippen molar-refractivity contribution in [3.8, 4) is 0 Å². The van der Waals surface area contributed by atoms with Crippen LogP contribution in [0.4, 0.5) is 0 Å². The molecule has 1 aromatic carbocycles. The number of benzene rings is 1. The summed E-state index contributed by atoms with van der Waals surface area (Å²) in [5.74, 6) is -0.776. The second kappa shape index (κ2) is 6.05. The molecule has 0 spiro atoms. The minimum atomic E-state index is -0.878. The summed E-state index contributed by atoms with van der Waals surface area (Å²) in [6, 6.07) is 5.36. The van der Waals surface area contributed by atoms with Crippen molar-refractivity contribution in [2.45, 2.75) is 19.9 Å². The molecule has 0 radical (unpaired) electrons. The molecule has 5 nitrogen and oxygen atoms in total. The van der Waals surface area contributed by atoms with Crippen molar-refractivity contribution < 1.29 is 14.7 Å². The lowest BCUT2D eigenvalue weighted by molar-refractivity contribution is -0.131. The van der Waals surface area contributed by atoms with Gasteiger partial charge >= 0.3 is 5.97 Å². The number of hydrogen-bond acceptors (Lipinski definition) is 3. The van der Waals surface area contributed by atoms with Gasteiger partial charge in [0.05, 0.1) is 12.1 Å². The van der Waals surface area contributed by atoms with Gasteiger partial charge in [0.15, 0.2) is 0 Å². The van der Waals surface area contributed by atoms with Gasteiger partial charge in [-0.05, 0) is 30.5 Å².